The Hall–Kier alpha value is -2.09. The minimum Gasteiger partial charge on any atom is -0.365 e. The number of carbonyl (C=O) groups is 2. The zero-order valence-electron chi connectivity index (χ0n) is 18.0. The Morgan fingerprint density at radius 2 is 1.81 bits per heavy atom. The number of urea groups is 1. The highest BCUT2D eigenvalue weighted by Crippen LogP contribution is 2.51. The first-order valence-corrected chi connectivity index (χ1v) is 12.7. The molecule has 2 bridgehead atoms. The van der Waals surface area contributed by atoms with Crippen molar-refractivity contribution in [3.63, 3.8) is 0 Å². The maximum absolute atomic E-state index is 12.6. The molecule has 3 heterocycles. The molecule has 1 aromatic heterocycles. The van der Waals surface area contributed by atoms with Gasteiger partial charge in [-0.15, -0.1) is 11.3 Å². The van der Waals surface area contributed by atoms with Crippen molar-refractivity contribution in [1.82, 2.24) is 4.90 Å². The van der Waals surface area contributed by atoms with Crippen LogP contribution >= 0.6 is 22.9 Å². The molecule has 2 fully saturated rings. The van der Waals surface area contributed by atoms with Crippen LogP contribution in [0.3, 0.4) is 0 Å². The van der Waals surface area contributed by atoms with Gasteiger partial charge in [-0.25, -0.2) is 4.79 Å². The Morgan fingerprint density at radius 3 is 2.53 bits per heavy atom. The minimum atomic E-state index is -0.468. The third kappa shape index (κ3) is 4.26. The minimum absolute atomic E-state index is 0.337. The van der Waals surface area contributed by atoms with Crippen LogP contribution in [0.15, 0.2) is 24.3 Å². The lowest BCUT2D eigenvalue weighted by Gasteiger charge is -2.38. The normalized spacial score (nSPS) is 23.0. The number of hydrogen-bond acceptors (Lipinski definition) is 4. The first kappa shape index (κ1) is 21.7. The van der Waals surface area contributed by atoms with Gasteiger partial charge < -0.3 is 11.1 Å². The lowest BCUT2D eigenvalue weighted by Crippen LogP contribution is -2.40. The highest BCUT2D eigenvalue weighted by molar-refractivity contribution is 7.17. The van der Waals surface area contributed by atoms with E-state index in [9.17, 15) is 9.59 Å². The lowest BCUT2D eigenvalue weighted by molar-refractivity contribution is 0.0997. The van der Waals surface area contributed by atoms with Crippen molar-refractivity contribution in [2.75, 3.05) is 17.2 Å². The molecule has 2 aromatic rings. The van der Waals surface area contributed by atoms with Crippen LogP contribution in [0.4, 0.5) is 15.5 Å². The summed E-state index contributed by atoms with van der Waals surface area (Å²) in [5.74, 6) is 0.316. The van der Waals surface area contributed by atoms with Gasteiger partial charge in [0.1, 0.15) is 5.00 Å². The summed E-state index contributed by atoms with van der Waals surface area (Å²) >= 11 is 7.43. The molecule has 2 unspecified atom stereocenters. The molecule has 5 rings (SSSR count). The van der Waals surface area contributed by atoms with E-state index < -0.39 is 11.9 Å². The third-order valence-corrected chi connectivity index (χ3v) is 8.69. The maximum atomic E-state index is 12.6. The number of thiophene rings is 1. The van der Waals surface area contributed by atoms with E-state index in [0.717, 1.165) is 37.3 Å². The van der Waals surface area contributed by atoms with Crippen LogP contribution in [-0.2, 0) is 6.42 Å². The fourth-order valence-electron chi connectivity index (χ4n) is 5.72. The molecular weight excluding hydrogens is 444 g/mol. The van der Waals surface area contributed by atoms with Crippen LogP contribution in [0.2, 0.25) is 5.02 Å². The van der Waals surface area contributed by atoms with Crippen LogP contribution in [-0.4, -0.2) is 29.4 Å². The number of nitrogens with one attached hydrogen (secondary N) is 2. The average molecular weight is 473 g/mol. The fraction of sp³-hybridized carbons (Fsp3) is 0.500. The van der Waals surface area contributed by atoms with Crippen LogP contribution in [0.25, 0.3) is 0 Å². The molecular formula is C24H29ClN4O2S. The summed E-state index contributed by atoms with van der Waals surface area (Å²) in [6.45, 7) is 1.15. The number of nitrogens with two attached hydrogens (primary N) is 1. The predicted molar refractivity (Wildman–Crippen MR) is 130 cm³/mol. The van der Waals surface area contributed by atoms with Crippen molar-refractivity contribution < 1.29 is 9.59 Å². The standard InChI is InChI=1S/C24H29ClN4O2S/c25-15-6-8-16(9-7-15)27-24(31)28-23-20(22(26)30)18-12-17-10-11-19(21(18)32-23)29(17)13-14-4-2-1-3-5-14/h6-9,14,17,19H,1-5,10-13H2,(H2,26,30)(H2,27,28,31). The molecule has 1 aromatic carbocycles. The first-order chi connectivity index (χ1) is 15.5. The molecule has 8 heteroatoms. The quantitative estimate of drug-likeness (QED) is 0.514. The number of fused-ring (bicyclic) bond motifs is 4. The Kier molecular flexibility index (Phi) is 6.14. The Morgan fingerprint density at radius 1 is 1.06 bits per heavy atom. The number of halogens is 1. The van der Waals surface area contributed by atoms with Crippen LogP contribution < -0.4 is 16.4 Å². The van der Waals surface area contributed by atoms with Crippen molar-refractivity contribution in [1.29, 1.82) is 0 Å². The molecule has 6 nitrogen and oxygen atoms in total. The first-order valence-electron chi connectivity index (χ1n) is 11.5. The van der Waals surface area contributed by atoms with Gasteiger partial charge in [0.15, 0.2) is 0 Å². The second-order valence-corrected chi connectivity index (χ2v) is 10.7. The predicted octanol–water partition coefficient (Wildman–Crippen LogP) is 5.79. The number of anilines is 2. The largest absolute Gasteiger partial charge is 0.365 e. The van der Waals surface area contributed by atoms with Crippen LogP contribution in [0.5, 0.6) is 0 Å². The van der Waals surface area contributed by atoms with Crippen molar-refractivity contribution in [3.8, 4) is 0 Å². The highest BCUT2D eigenvalue weighted by atomic mass is 35.5. The summed E-state index contributed by atoms with van der Waals surface area (Å²) in [5, 5.41) is 6.84. The summed E-state index contributed by atoms with van der Waals surface area (Å²) in [6, 6.07) is 7.32. The summed E-state index contributed by atoms with van der Waals surface area (Å²) in [5.41, 5.74) is 7.97. The van der Waals surface area contributed by atoms with Crippen LogP contribution in [0.1, 0.15) is 71.8 Å². The van der Waals surface area contributed by atoms with Gasteiger partial charge in [0, 0.05) is 34.2 Å². The number of primary amides is 1. The fourth-order valence-corrected chi connectivity index (χ4v) is 7.23. The molecule has 170 valence electrons. The number of benzene rings is 1. The van der Waals surface area contributed by atoms with E-state index in [1.165, 1.54) is 48.3 Å². The number of carbonyl (C=O) groups excluding carboxylic acids is 2. The average Bonchev–Trinajstić information content (AvgIpc) is 3.26. The van der Waals surface area contributed by atoms with Gasteiger partial charge in [-0.3, -0.25) is 15.0 Å². The van der Waals surface area contributed by atoms with Crippen molar-refractivity contribution in [3.05, 3.63) is 45.3 Å². The summed E-state index contributed by atoms with van der Waals surface area (Å²) in [7, 11) is 0. The second-order valence-electron chi connectivity index (χ2n) is 9.25. The third-order valence-electron chi connectivity index (χ3n) is 7.19. The van der Waals surface area contributed by atoms with E-state index in [2.05, 4.69) is 15.5 Å². The van der Waals surface area contributed by atoms with E-state index in [4.69, 9.17) is 17.3 Å². The van der Waals surface area contributed by atoms with E-state index in [0.29, 0.717) is 33.4 Å². The topological polar surface area (TPSA) is 87.5 Å². The Labute approximate surface area is 197 Å². The molecule has 1 saturated carbocycles. The smallest absolute Gasteiger partial charge is 0.324 e. The van der Waals surface area contributed by atoms with Gasteiger partial charge in [-0.1, -0.05) is 30.9 Å². The van der Waals surface area contributed by atoms with Gasteiger partial charge in [-0.2, -0.15) is 0 Å². The zero-order chi connectivity index (χ0) is 22.2. The number of amides is 3. The Balaban J connectivity index is 1.36. The van der Waals surface area contributed by atoms with Gasteiger partial charge in [-0.05, 0) is 67.9 Å². The van der Waals surface area contributed by atoms with Crippen LogP contribution in [0, 0.1) is 5.92 Å². The van der Waals surface area contributed by atoms with Gasteiger partial charge in [0.25, 0.3) is 5.91 Å². The molecule has 4 N–H and O–H groups in total. The summed E-state index contributed by atoms with van der Waals surface area (Å²) < 4.78 is 0. The van der Waals surface area contributed by atoms with E-state index in [1.807, 2.05) is 0 Å². The lowest BCUT2D eigenvalue weighted by atomic mass is 9.87. The second kappa shape index (κ2) is 9.04. The zero-order valence-corrected chi connectivity index (χ0v) is 19.6. The Bertz CT molecular complexity index is 1020. The highest BCUT2D eigenvalue weighted by Gasteiger charge is 2.44. The maximum Gasteiger partial charge on any atom is 0.324 e. The van der Waals surface area contributed by atoms with Crippen molar-refractivity contribution >= 4 is 45.6 Å². The van der Waals surface area contributed by atoms with E-state index >= 15 is 0 Å². The monoisotopic (exact) mass is 472 g/mol. The van der Waals surface area contributed by atoms with Gasteiger partial charge >= 0.3 is 6.03 Å². The molecule has 2 aliphatic heterocycles. The number of hydrogen-bond donors (Lipinski definition) is 3. The van der Waals surface area contributed by atoms with E-state index in [1.54, 1.807) is 24.3 Å². The van der Waals surface area contributed by atoms with Crippen molar-refractivity contribution in [2.45, 2.75) is 63.5 Å². The SMILES string of the molecule is NC(=O)c1c(NC(=O)Nc2ccc(Cl)cc2)sc2c1CC1CCC2N1CC1CCCCC1. The van der Waals surface area contributed by atoms with Crippen molar-refractivity contribution in [2.24, 2.45) is 11.7 Å². The molecule has 1 saturated heterocycles. The van der Waals surface area contributed by atoms with E-state index in [-0.39, 0.29) is 0 Å². The molecule has 0 radical (unpaired) electrons. The summed E-state index contributed by atoms with van der Waals surface area (Å²) in [4.78, 5) is 28.9. The molecule has 3 aliphatic rings. The van der Waals surface area contributed by atoms with Gasteiger partial charge in [0.05, 0.1) is 5.56 Å². The number of rotatable bonds is 5. The molecule has 2 atom stereocenters. The molecule has 1 aliphatic carbocycles. The summed E-state index contributed by atoms with van der Waals surface area (Å²) in [6.07, 6.45) is 9.84. The molecule has 3 amide bonds. The molecule has 32 heavy (non-hydrogen) atoms. The number of nitrogens with zero attached hydrogens (tertiary/aromatic N) is 1. The van der Waals surface area contributed by atoms with Gasteiger partial charge in [0.2, 0.25) is 0 Å². The molecule has 0 spiro atoms.